The first-order valence-corrected chi connectivity index (χ1v) is 6.17. The maximum atomic E-state index is 5.95. The third kappa shape index (κ3) is 2.83. The molecule has 0 amide bonds. The van der Waals surface area contributed by atoms with Crippen molar-refractivity contribution in [1.82, 2.24) is 0 Å². The quantitative estimate of drug-likeness (QED) is 0.845. The monoisotopic (exact) mass is 219 g/mol. The van der Waals surface area contributed by atoms with Crippen LogP contribution >= 0.6 is 0 Å². The van der Waals surface area contributed by atoms with Crippen molar-refractivity contribution >= 4 is 0 Å². The summed E-state index contributed by atoms with van der Waals surface area (Å²) in [6, 6.07) is 8.55. The van der Waals surface area contributed by atoms with Gasteiger partial charge in [-0.2, -0.15) is 0 Å². The van der Waals surface area contributed by atoms with Gasteiger partial charge in [0.15, 0.2) is 0 Å². The van der Waals surface area contributed by atoms with Gasteiger partial charge in [-0.05, 0) is 37.8 Å². The fraction of sp³-hybridized carbons (Fsp3) is 0.571. The number of hydrogen-bond donors (Lipinski definition) is 1. The van der Waals surface area contributed by atoms with Crippen molar-refractivity contribution in [2.75, 3.05) is 6.54 Å². The maximum absolute atomic E-state index is 5.95. The molecule has 0 aromatic heterocycles. The van der Waals surface area contributed by atoms with Gasteiger partial charge in [-0.1, -0.05) is 36.2 Å². The lowest BCUT2D eigenvalue weighted by Crippen LogP contribution is -2.25. The van der Waals surface area contributed by atoms with E-state index in [-0.39, 0.29) is 0 Å². The van der Waals surface area contributed by atoms with Gasteiger partial charge in [0, 0.05) is 0 Å². The van der Waals surface area contributed by atoms with Crippen LogP contribution in [0.15, 0.2) is 24.3 Å². The van der Waals surface area contributed by atoms with E-state index in [1.807, 2.05) is 0 Å². The zero-order valence-corrected chi connectivity index (χ0v) is 9.99. The molecule has 2 rings (SSSR count). The van der Waals surface area contributed by atoms with Gasteiger partial charge in [0.1, 0.15) is 0 Å². The van der Waals surface area contributed by atoms with E-state index in [1.54, 1.807) is 0 Å². The minimum Gasteiger partial charge on any atom is -0.373 e. The van der Waals surface area contributed by atoms with Crippen molar-refractivity contribution in [3.63, 3.8) is 0 Å². The Hall–Kier alpha value is -0.860. The first kappa shape index (κ1) is 11.6. The van der Waals surface area contributed by atoms with Crippen LogP contribution in [0.5, 0.6) is 0 Å². The highest BCUT2D eigenvalue weighted by Crippen LogP contribution is 2.28. The van der Waals surface area contributed by atoms with Crippen LogP contribution in [0.1, 0.15) is 30.4 Å². The van der Waals surface area contributed by atoms with Crippen LogP contribution in [0, 0.1) is 12.8 Å². The predicted octanol–water partition coefficient (Wildman–Crippen LogP) is 2.64. The minimum absolute atomic E-state index is 0.381. The molecule has 2 N–H and O–H groups in total. The van der Waals surface area contributed by atoms with Gasteiger partial charge in [-0.15, -0.1) is 0 Å². The number of hydrogen-bond acceptors (Lipinski definition) is 2. The first-order valence-electron chi connectivity index (χ1n) is 6.17. The van der Waals surface area contributed by atoms with Crippen molar-refractivity contribution in [3.8, 4) is 0 Å². The van der Waals surface area contributed by atoms with Gasteiger partial charge in [0.05, 0.1) is 12.7 Å². The molecule has 2 nitrogen and oxygen atoms in total. The van der Waals surface area contributed by atoms with Crippen molar-refractivity contribution < 1.29 is 4.74 Å². The molecule has 0 spiro atoms. The van der Waals surface area contributed by atoms with Crippen LogP contribution in [0.25, 0.3) is 0 Å². The van der Waals surface area contributed by atoms with E-state index >= 15 is 0 Å². The van der Waals surface area contributed by atoms with E-state index < -0.39 is 0 Å². The molecule has 16 heavy (non-hydrogen) atoms. The molecule has 2 atom stereocenters. The van der Waals surface area contributed by atoms with E-state index in [4.69, 9.17) is 10.5 Å². The Kier molecular flexibility index (Phi) is 3.97. The van der Waals surface area contributed by atoms with Crippen LogP contribution in [-0.4, -0.2) is 12.6 Å². The number of benzene rings is 1. The second kappa shape index (κ2) is 5.46. The van der Waals surface area contributed by atoms with E-state index in [0.717, 1.165) is 13.2 Å². The molecule has 1 aromatic rings. The summed E-state index contributed by atoms with van der Waals surface area (Å²) in [4.78, 5) is 0. The smallest absolute Gasteiger partial charge is 0.0720 e. The van der Waals surface area contributed by atoms with E-state index in [9.17, 15) is 0 Å². The van der Waals surface area contributed by atoms with Crippen LogP contribution in [0.2, 0.25) is 0 Å². The fourth-order valence-electron chi connectivity index (χ4n) is 2.38. The highest BCUT2D eigenvalue weighted by Gasteiger charge is 2.26. The molecular weight excluding hydrogens is 198 g/mol. The second-order valence-electron chi connectivity index (χ2n) is 4.76. The molecule has 2 unspecified atom stereocenters. The molecule has 1 aliphatic carbocycles. The average Bonchev–Trinajstić information content (AvgIpc) is 2.76. The molecule has 0 heterocycles. The number of nitrogens with two attached hydrogens (primary N) is 1. The molecule has 1 fully saturated rings. The van der Waals surface area contributed by atoms with Crippen molar-refractivity contribution in [2.24, 2.45) is 11.7 Å². The van der Waals surface area contributed by atoms with Gasteiger partial charge in [0.2, 0.25) is 0 Å². The Balaban J connectivity index is 1.85. The van der Waals surface area contributed by atoms with Crippen LogP contribution < -0.4 is 5.73 Å². The number of rotatable bonds is 4. The zero-order chi connectivity index (χ0) is 11.4. The Bertz CT molecular complexity index is 320. The molecule has 0 aliphatic heterocycles. The largest absolute Gasteiger partial charge is 0.373 e. The summed E-state index contributed by atoms with van der Waals surface area (Å²) in [5.41, 5.74) is 8.29. The van der Waals surface area contributed by atoms with Crippen LogP contribution in [0.3, 0.4) is 0 Å². The molecular formula is C14H21NO. The fourth-order valence-corrected chi connectivity index (χ4v) is 2.38. The Labute approximate surface area is 97.8 Å². The lowest BCUT2D eigenvalue weighted by Gasteiger charge is -2.18. The summed E-state index contributed by atoms with van der Waals surface area (Å²) < 4.78 is 5.95. The SMILES string of the molecule is Cc1ccc(COC2CCCC2CN)cc1. The summed E-state index contributed by atoms with van der Waals surface area (Å²) in [6.45, 7) is 3.59. The summed E-state index contributed by atoms with van der Waals surface area (Å²) in [5.74, 6) is 0.574. The Morgan fingerprint density at radius 2 is 2.00 bits per heavy atom. The lowest BCUT2D eigenvalue weighted by atomic mass is 10.1. The lowest BCUT2D eigenvalue weighted by molar-refractivity contribution is 0.0182. The molecule has 0 radical (unpaired) electrons. The second-order valence-corrected chi connectivity index (χ2v) is 4.76. The van der Waals surface area contributed by atoms with E-state index in [2.05, 4.69) is 31.2 Å². The Morgan fingerprint density at radius 1 is 1.25 bits per heavy atom. The average molecular weight is 219 g/mol. The van der Waals surface area contributed by atoms with Crippen LogP contribution in [0.4, 0.5) is 0 Å². The van der Waals surface area contributed by atoms with Gasteiger partial charge >= 0.3 is 0 Å². The Morgan fingerprint density at radius 3 is 2.69 bits per heavy atom. The molecule has 1 saturated carbocycles. The number of aryl methyl sites for hydroxylation is 1. The molecule has 1 aromatic carbocycles. The molecule has 1 aliphatic rings. The minimum atomic E-state index is 0.381. The first-order chi connectivity index (χ1) is 7.79. The van der Waals surface area contributed by atoms with Gasteiger partial charge < -0.3 is 10.5 Å². The molecule has 88 valence electrons. The standard InChI is InChI=1S/C14H21NO/c1-11-5-7-12(8-6-11)10-16-14-4-2-3-13(14)9-15/h5-8,13-14H,2-4,9-10,15H2,1H3. The molecule has 0 saturated heterocycles. The third-order valence-electron chi connectivity index (χ3n) is 3.48. The summed E-state index contributed by atoms with van der Waals surface area (Å²) in [6.07, 6.45) is 4.05. The summed E-state index contributed by atoms with van der Waals surface area (Å²) >= 11 is 0. The molecule has 0 bridgehead atoms. The van der Waals surface area contributed by atoms with Crippen molar-refractivity contribution in [2.45, 2.75) is 38.9 Å². The number of ether oxygens (including phenoxy) is 1. The third-order valence-corrected chi connectivity index (χ3v) is 3.48. The van der Waals surface area contributed by atoms with Gasteiger partial charge in [-0.3, -0.25) is 0 Å². The van der Waals surface area contributed by atoms with Crippen molar-refractivity contribution in [3.05, 3.63) is 35.4 Å². The van der Waals surface area contributed by atoms with Gasteiger partial charge in [0.25, 0.3) is 0 Å². The summed E-state index contributed by atoms with van der Waals surface area (Å²) in [7, 11) is 0. The highest BCUT2D eigenvalue weighted by atomic mass is 16.5. The van der Waals surface area contributed by atoms with E-state index in [0.29, 0.717) is 12.0 Å². The van der Waals surface area contributed by atoms with Crippen LogP contribution in [-0.2, 0) is 11.3 Å². The predicted molar refractivity (Wildman–Crippen MR) is 66.2 cm³/mol. The normalized spacial score (nSPS) is 24.9. The summed E-state index contributed by atoms with van der Waals surface area (Å²) in [5, 5.41) is 0. The topological polar surface area (TPSA) is 35.2 Å². The molecule has 2 heteroatoms. The maximum Gasteiger partial charge on any atom is 0.0720 e. The van der Waals surface area contributed by atoms with Crippen molar-refractivity contribution in [1.29, 1.82) is 0 Å². The van der Waals surface area contributed by atoms with E-state index in [1.165, 1.54) is 30.4 Å². The van der Waals surface area contributed by atoms with Gasteiger partial charge in [-0.25, -0.2) is 0 Å². The zero-order valence-electron chi connectivity index (χ0n) is 9.99. The highest BCUT2D eigenvalue weighted by molar-refractivity contribution is 5.20.